The Morgan fingerprint density at radius 3 is 1.68 bits per heavy atom. The van der Waals surface area contributed by atoms with Crippen molar-refractivity contribution in [3.63, 3.8) is 0 Å². The lowest BCUT2D eigenvalue weighted by Gasteiger charge is -2.21. The van der Waals surface area contributed by atoms with E-state index in [1.165, 1.54) is 12.1 Å². The van der Waals surface area contributed by atoms with Crippen LogP contribution in [0.4, 0.5) is 13.2 Å². The van der Waals surface area contributed by atoms with Gasteiger partial charge in [0.2, 0.25) is 0 Å². The highest BCUT2D eigenvalue weighted by Crippen LogP contribution is 2.34. The lowest BCUT2D eigenvalue weighted by atomic mass is 9.85. The minimum absolute atomic E-state index is 0.128. The summed E-state index contributed by atoms with van der Waals surface area (Å²) in [6.45, 7) is 5.25. The SMILES string of the molecule is CC(C)(C)c1cc(C=O)c(OS(=O)(=O)C(F)(F)F)c(C=O)c1. The van der Waals surface area contributed by atoms with Crippen LogP contribution in [0.3, 0.4) is 0 Å². The first-order chi connectivity index (χ1) is 9.83. The van der Waals surface area contributed by atoms with Gasteiger partial charge in [0.05, 0.1) is 11.1 Å². The predicted octanol–water partition coefficient (Wildman–Crippen LogP) is 2.84. The average Bonchev–Trinajstić information content (AvgIpc) is 2.35. The summed E-state index contributed by atoms with van der Waals surface area (Å²) >= 11 is 0. The average molecular weight is 338 g/mol. The molecule has 1 aromatic rings. The standard InChI is InChI=1S/C13H13F3O5S/c1-12(2,3)10-4-8(6-17)11(9(5-10)7-18)21-22(19,20)13(14,15)16/h4-7H,1-3H3. The van der Waals surface area contributed by atoms with Gasteiger partial charge in [0, 0.05) is 0 Å². The van der Waals surface area contributed by atoms with Crippen LogP contribution in [0, 0.1) is 0 Å². The molecule has 9 heteroatoms. The number of halogens is 3. The van der Waals surface area contributed by atoms with E-state index in [0.717, 1.165) is 0 Å². The third kappa shape index (κ3) is 3.65. The number of hydrogen-bond donors (Lipinski definition) is 0. The van der Waals surface area contributed by atoms with Crippen LogP contribution in [-0.4, -0.2) is 26.5 Å². The lowest BCUT2D eigenvalue weighted by molar-refractivity contribution is -0.0500. The Bertz CT molecular complexity index is 670. The summed E-state index contributed by atoms with van der Waals surface area (Å²) in [4.78, 5) is 22.1. The first-order valence-corrected chi connectivity index (χ1v) is 7.34. The van der Waals surface area contributed by atoms with Crippen molar-refractivity contribution in [1.29, 1.82) is 0 Å². The Labute approximate surface area is 125 Å². The summed E-state index contributed by atoms with van der Waals surface area (Å²) in [6.07, 6.45) is 0.257. The molecule has 0 aliphatic carbocycles. The number of alkyl halides is 3. The first kappa shape index (κ1) is 18.1. The molecule has 0 spiro atoms. The molecule has 0 saturated heterocycles. The molecular weight excluding hydrogens is 325 g/mol. The normalized spacial score (nSPS) is 12.8. The monoisotopic (exact) mass is 338 g/mol. The molecule has 0 amide bonds. The van der Waals surface area contributed by atoms with Gasteiger partial charge in [-0.1, -0.05) is 20.8 Å². The first-order valence-electron chi connectivity index (χ1n) is 5.93. The summed E-state index contributed by atoms with van der Waals surface area (Å²) in [5.41, 5.74) is -6.63. The molecule has 0 atom stereocenters. The van der Waals surface area contributed by atoms with Crippen LogP contribution < -0.4 is 4.18 Å². The van der Waals surface area contributed by atoms with E-state index in [2.05, 4.69) is 4.18 Å². The summed E-state index contributed by atoms with van der Waals surface area (Å²) < 4.78 is 63.2. The van der Waals surface area contributed by atoms with Gasteiger partial charge in [0.15, 0.2) is 18.3 Å². The number of rotatable bonds is 4. The summed E-state index contributed by atoms with van der Waals surface area (Å²) in [6, 6.07) is 2.36. The summed E-state index contributed by atoms with van der Waals surface area (Å²) in [7, 11) is -5.98. The second-order valence-corrected chi connectivity index (χ2v) is 6.99. The van der Waals surface area contributed by atoms with Crippen molar-refractivity contribution in [2.24, 2.45) is 0 Å². The van der Waals surface area contributed by atoms with Crippen LogP contribution in [-0.2, 0) is 15.5 Å². The molecule has 1 rings (SSSR count). The zero-order valence-electron chi connectivity index (χ0n) is 11.9. The lowest BCUT2D eigenvalue weighted by Crippen LogP contribution is -2.29. The fourth-order valence-corrected chi connectivity index (χ4v) is 2.04. The van der Waals surface area contributed by atoms with Crippen LogP contribution in [0.2, 0.25) is 0 Å². The minimum atomic E-state index is -5.98. The zero-order chi connectivity index (χ0) is 17.3. The van der Waals surface area contributed by atoms with Gasteiger partial charge in [0.1, 0.15) is 0 Å². The number of hydrogen-bond acceptors (Lipinski definition) is 5. The third-order valence-electron chi connectivity index (χ3n) is 2.74. The van der Waals surface area contributed by atoms with Gasteiger partial charge in [-0.2, -0.15) is 21.6 Å². The molecule has 22 heavy (non-hydrogen) atoms. The highest BCUT2D eigenvalue weighted by Gasteiger charge is 2.49. The highest BCUT2D eigenvalue weighted by atomic mass is 32.2. The van der Waals surface area contributed by atoms with Gasteiger partial charge in [0.25, 0.3) is 0 Å². The maximum absolute atomic E-state index is 12.4. The second-order valence-electron chi connectivity index (χ2n) is 5.45. The Kier molecular flexibility index (Phi) is 4.71. The Hall–Kier alpha value is -1.90. The van der Waals surface area contributed by atoms with Crippen LogP contribution >= 0.6 is 0 Å². The third-order valence-corrected chi connectivity index (χ3v) is 3.70. The van der Waals surface area contributed by atoms with Crippen molar-refractivity contribution >= 4 is 22.7 Å². The topological polar surface area (TPSA) is 77.5 Å². The van der Waals surface area contributed by atoms with E-state index in [-0.39, 0.29) is 12.6 Å². The molecule has 5 nitrogen and oxygen atoms in total. The van der Waals surface area contributed by atoms with Gasteiger partial charge >= 0.3 is 15.6 Å². The van der Waals surface area contributed by atoms with E-state index in [9.17, 15) is 31.2 Å². The maximum Gasteiger partial charge on any atom is 0.534 e. The van der Waals surface area contributed by atoms with Crippen molar-refractivity contribution in [2.75, 3.05) is 0 Å². The second kappa shape index (κ2) is 5.71. The number of aldehydes is 2. The fraction of sp³-hybridized carbons (Fsp3) is 0.385. The maximum atomic E-state index is 12.4. The predicted molar refractivity (Wildman–Crippen MR) is 71.5 cm³/mol. The van der Waals surface area contributed by atoms with Crippen molar-refractivity contribution in [2.45, 2.75) is 31.7 Å². The highest BCUT2D eigenvalue weighted by molar-refractivity contribution is 7.88. The van der Waals surface area contributed by atoms with Crippen LogP contribution in [0.1, 0.15) is 47.1 Å². The van der Waals surface area contributed by atoms with E-state index in [1.807, 2.05) is 0 Å². The molecule has 1 aromatic carbocycles. The van der Waals surface area contributed by atoms with Crippen LogP contribution in [0.5, 0.6) is 5.75 Å². The Balaban J connectivity index is 3.56. The zero-order valence-corrected chi connectivity index (χ0v) is 12.7. The molecule has 0 heterocycles. The van der Waals surface area contributed by atoms with Gasteiger partial charge in [-0.05, 0) is 23.1 Å². The Morgan fingerprint density at radius 1 is 1.00 bits per heavy atom. The van der Waals surface area contributed by atoms with E-state index in [4.69, 9.17) is 0 Å². The smallest absolute Gasteiger partial charge is 0.374 e. The molecule has 0 fully saturated rings. The van der Waals surface area contributed by atoms with E-state index < -0.39 is 37.9 Å². The van der Waals surface area contributed by atoms with Gasteiger partial charge < -0.3 is 4.18 Å². The molecule has 0 bridgehead atoms. The molecule has 122 valence electrons. The van der Waals surface area contributed by atoms with Gasteiger partial charge in [-0.15, -0.1) is 0 Å². The molecule has 0 aromatic heterocycles. The fourth-order valence-electron chi connectivity index (χ4n) is 1.54. The van der Waals surface area contributed by atoms with Crippen molar-refractivity contribution in [1.82, 2.24) is 0 Å². The number of benzene rings is 1. The Morgan fingerprint density at radius 2 is 1.41 bits per heavy atom. The van der Waals surface area contributed by atoms with Crippen molar-refractivity contribution < 1.29 is 35.4 Å². The van der Waals surface area contributed by atoms with Gasteiger partial charge in [-0.25, -0.2) is 0 Å². The minimum Gasteiger partial charge on any atom is -0.374 e. The van der Waals surface area contributed by atoms with E-state index in [1.54, 1.807) is 20.8 Å². The van der Waals surface area contributed by atoms with Crippen LogP contribution in [0.25, 0.3) is 0 Å². The van der Waals surface area contributed by atoms with Crippen molar-refractivity contribution in [3.8, 4) is 5.75 Å². The molecular formula is C13H13F3O5S. The molecule has 0 saturated carbocycles. The molecule has 0 aliphatic heterocycles. The van der Waals surface area contributed by atoms with Gasteiger partial charge in [-0.3, -0.25) is 9.59 Å². The summed E-state index contributed by atoms with van der Waals surface area (Å²) in [5, 5.41) is 0. The molecule has 0 N–H and O–H groups in total. The van der Waals surface area contributed by atoms with E-state index in [0.29, 0.717) is 5.56 Å². The van der Waals surface area contributed by atoms with E-state index >= 15 is 0 Å². The molecule has 0 aliphatic rings. The number of carbonyl (C=O) groups is 2. The summed E-state index contributed by atoms with van der Waals surface area (Å²) in [5.74, 6) is -0.935. The number of carbonyl (C=O) groups excluding carboxylic acids is 2. The van der Waals surface area contributed by atoms with Crippen molar-refractivity contribution in [3.05, 3.63) is 28.8 Å². The van der Waals surface area contributed by atoms with Crippen LogP contribution in [0.15, 0.2) is 12.1 Å². The molecule has 0 radical (unpaired) electrons. The molecule has 0 unspecified atom stereocenters. The largest absolute Gasteiger partial charge is 0.534 e. The quantitative estimate of drug-likeness (QED) is 0.479.